The minimum atomic E-state index is -0.786. The standard InChI is InChI=1S/C27H15ClF2N6O3/c28-19-11-15(4-5-20(19)29)36-12-18(23(37)16-2-1-8-32-25(16)36)26(38)35-14-3-6-22(21(30)10-14)39-27-17-7-9-31-24(17)33-13-34-27/h1-13H,(H,35,38)(H,31,33,34). The SMILES string of the molecule is O=C(Nc1ccc(Oc2ncnc3[nH]ccc23)c(F)c1)c1cn(-c2ccc(F)c(Cl)c2)c2ncccc2c1=O. The summed E-state index contributed by atoms with van der Waals surface area (Å²) < 4.78 is 35.7. The van der Waals surface area contributed by atoms with Gasteiger partial charge in [0.15, 0.2) is 11.6 Å². The monoisotopic (exact) mass is 544 g/mol. The second kappa shape index (κ2) is 9.62. The zero-order chi connectivity index (χ0) is 27.1. The molecule has 0 saturated heterocycles. The van der Waals surface area contributed by atoms with Crippen LogP contribution in [0, 0.1) is 11.6 Å². The number of halogens is 3. The molecular weight excluding hydrogens is 530 g/mol. The Hall–Kier alpha value is -5.16. The van der Waals surface area contributed by atoms with E-state index in [2.05, 4.69) is 25.3 Å². The summed E-state index contributed by atoms with van der Waals surface area (Å²) in [4.78, 5) is 41.6. The Morgan fingerprint density at radius 1 is 1.00 bits per heavy atom. The van der Waals surface area contributed by atoms with Crippen molar-refractivity contribution in [3.8, 4) is 17.3 Å². The van der Waals surface area contributed by atoms with Crippen LogP contribution in [0.3, 0.4) is 0 Å². The maximum absolute atomic E-state index is 14.9. The lowest BCUT2D eigenvalue weighted by atomic mass is 10.1. The highest BCUT2D eigenvalue weighted by molar-refractivity contribution is 6.30. The molecule has 9 nitrogen and oxygen atoms in total. The summed E-state index contributed by atoms with van der Waals surface area (Å²) in [5, 5.41) is 3.12. The summed E-state index contributed by atoms with van der Waals surface area (Å²) in [7, 11) is 0. The number of ether oxygens (including phenoxy) is 1. The lowest BCUT2D eigenvalue weighted by Crippen LogP contribution is -2.24. The molecule has 0 fully saturated rings. The quantitative estimate of drug-likeness (QED) is 0.290. The predicted molar refractivity (Wildman–Crippen MR) is 141 cm³/mol. The number of amides is 1. The van der Waals surface area contributed by atoms with E-state index in [4.69, 9.17) is 16.3 Å². The molecule has 192 valence electrons. The van der Waals surface area contributed by atoms with Gasteiger partial charge >= 0.3 is 0 Å². The van der Waals surface area contributed by atoms with E-state index in [-0.39, 0.29) is 38.9 Å². The molecule has 6 rings (SSSR count). The number of fused-ring (bicyclic) bond motifs is 2. The molecule has 0 bridgehead atoms. The zero-order valence-corrected chi connectivity index (χ0v) is 20.4. The van der Waals surface area contributed by atoms with E-state index in [1.807, 2.05) is 0 Å². The number of nitrogens with one attached hydrogen (secondary N) is 2. The molecule has 2 aromatic carbocycles. The van der Waals surface area contributed by atoms with Gasteiger partial charge in [0.2, 0.25) is 11.3 Å². The second-order valence-corrected chi connectivity index (χ2v) is 8.74. The van der Waals surface area contributed by atoms with Gasteiger partial charge < -0.3 is 19.6 Å². The third-order valence-electron chi connectivity index (χ3n) is 5.90. The summed E-state index contributed by atoms with van der Waals surface area (Å²) in [6.07, 6.45) is 5.70. The van der Waals surface area contributed by atoms with E-state index >= 15 is 0 Å². The molecule has 0 aliphatic carbocycles. The Morgan fingerprint density at radius 3 is 2.69 bits per heavy atom. The number of rotatable bonds is 5. The summed E-state index contributed by atoms with van der Waals surface area (Å²) >= 11 is 5.95. The number of anilines is 1. The van der Waals surface area contributed by atoms with Crippen LogP contribution in [-0.2, 0) is 0 Å². The van der Waals surface area contributed by atoms with Crippen LogP contribution >= 0.6 is 11.6 Å². The number of aromatic nitrogens is 5. The van der Waals surface area contributed by atoms with Crippen LogP contribution in [-0.4, -0.2) is 30.4 Å². The van der Waals surface area contributed by atoms with Crippen LogP contribution in [0.25, 0.3) is 27.8 Å². The third-order valence-corrected chi connectivity index (χ3v) is 6.19. The number of aromatic amines is 1. The van der Waals surface area contributed by atoms with E-state index < -0.39 is 23.0 Å². The van der Waals surface area contributed by atoms with E-state index in [9.17, 15) is 18.4 Å². The zero-order valence-electron chi connectivity index (χ0n) is 19.7. The molecule has 6 aromatic rings. The van der Waals surface area contributed by atoms with E-state index in [1.165, 1.54) is 59.7 Å². The van der Waals surface area contributed by atoms with Crippen molar-refractivity contribution in [1.29, 1.82) is 0 Å². The average molecular weight is 545 g/mol. The molecule has 4 aromatic heterocycles. The maximum Gasteiger partial charge on any atom is 0.261 e. The molecule has 1 amide bonds. The smallest absolute Gasteiger partial charge is 0.261 e. The molecule has 0 aliphatic heterocycles. The van der Waals surface area contributed by atoms with Crippen LogP contribution in [0.1, 0.15) is 10.4 Å². The molecule has 0 radical (unpaired) electrons. The fourth-order valence-corrected chi connectivity index (χ4v) is 4.22. The summed E-state index contributed by atoms with van der Waals surface area (Å²) in [6.45, 7) is 0. The number of nitrogens with zero attached hydrogens (tertiary/aromatic N) is 4. The molecule has 0 atom stereocenters. The fourth-order valence-electron chi connectivity index (χ4n) is 4.05. The Kier molecular flexibility index (Phi) is 5.97. The Bertz CT molecular complexity index is 1970. The molecular formula is C27H15ClF2N6O3. The highest BCUT2D eigenvalue weighted by atomic mass is 35.5. The Labute approximate surface area is 222 Å². The molecule has 12 heteroatoms. The van der Waals surface area contributed by atoms with Crippen molar-refractivity contribution >= 4 is 45.3 Å². The van der Waals surface area contributed by atoms with E-state index in [1.54, 1.807) is 18.3 Å². The van der Waals surface area contributed by atoms with Crippen LogP contribution in [0.15, 0.2) is 84.3 Å². The molecule has 0 unspecified atom stereocenters. The number of carbonyl (C=O) groups is 1. The summed E-state index contributed by atoms with van der Waals surface area (Å²) in [5.41, 5.74) is 0.417. The number of benzene rings is 2. The normalized spacial score (nSPS) is 11.2. The molecule has 0 spiro atoms. The first-order valence-electron chi connectivity index (χ1n) is 11.4. The van der Waals surface area contributed by atoms with Gasteiger partial charge in [-0.05, 0) is 48.5 Å². The topological polar surface area (TPSA) is 115 Å². The van der Waals surface area contributed by atoms with Crippen molar-refractivity contribution in [1.82, 2.24) is 24.5 Å². The molecule has 2 N–H and O–H groups in total. The highest BCUT2D eigenvalue weighted by Crippen LogP contribution is 2.29. The van der Waals surface area contributed by atoms with Crippen molar-refractivity contribution in [3.63, 3.8) is 0 Å². The van der Waals surface area contributed by atoms with E-state index in [0.717, 1.165) is 6.07 Å². The van der Waals surface area contributed by atoms with Gasteiger partial charge in [0, 0.05) is 36.0 Å². The number of carbonyl (C=O) groups excluding carboxylic acids is 1. The molecule has 4 heterocycles. The minimum Gasteiger partial charge on any atom is -0.435 e. The van der Waals surface area contributed by atoms with Gasteiger partial charge in [0.25, 0.3) is 5.91 Å². The van der Waals surface area contributed by atoms with Gasteiger partial charge in [-0.2, -0.15) is 0 Å². The number of H-pyrrole nitrogens is 1. The highest BCUT2D eigenvalue weighted by Gasteiger charge is 2.19. The van der Waals surface area contributed by atoms with Gasteiger partial charge in [-0.1, -0.05) is 11.6 Å². The number of hydrogen-bond donors (Lipinski definition) is 2. The van der Waals surface area contributed by atoms with Crippen molar-refractivity contribution in [2.75, 3.05) is 5.32 Å². The van der Waals surface area contributed by atoms with Crippen LogP contribution in [0.5, 0.6) is 11.6 Å². The summed E-state index contributed by atoms with van der Waals surface area (Å²) in [6, 6.07) is 12.5. The maximum atomic E-state index is 14.9. The Balaban J connectivity index is 1.33. The van der Waals surface area contributed by atoms with Gasteiger partial charge in [0.1, 0.15) is 29.0 Å². The molecule has 0 saturated carbocycles. The van der Waals surface area contributed by atoms with Gasteiger partial charge in [-0.15, -0.1) is 0 Å². The number of pyridine rings is 2. The van der Waals surface area contributed by atoms with Crippen LogP contribution < -0.4 is 15.5 Å². The average Bonchev–Trinajstić information content (AvgIpc) is 3.42. The first kappa shape index (κ1) is 24.2. The third kappa shape index (κ3) is 4.44. The van der Waals surface area contributed by atoms with Crippen LogP contribution in [0.2, 0.25) is 5.02 Å². The number of hydrogen-bond acceptors (Lipinski definition) is 6. The van der Waals surface area contributed by atoms with Gasteiger partial charge in [-0.3, -0.25) is 9.59 Å². The lowest BCUT2D eigenvalue weighted by Gasteiger charge is -2.14. The second-order valence-electron chi connectivity index (χ2n) is 8.34. The van der Waals surface area contributed by atoms with Gasteiger partial charge in [-0.25, -0.2) is 23.7 Å². The van der Waals surface area contributed by atoms with Crippen molar-refractivity contribution in [2.45, 2.75) is 0 Å². The molecule has 0 aliphatic rings. The minimum absolute atomic E-state index is 0.0846. The first-order chi connectivity index (χ1) is 18.9. The first-order valence-corrected chi connectivity index (χ1v) is 11.8. The van der Waals surface area contributed by atoms with E-state index in [0.29, 0.717) is 16.7 Å². The van der Waals surface area contributed by atoms with Gasteiger partial charge in [0.05, 0.1) is 15.8 Å². The molecule has 39 heavy (non-hydrogen) atoms. The largest absolute Gasteiger partial charge is 0.435 e. The fraction of sp³-hybridized carbons (Fsp3) is 0. The Morgan fingerprint density at radius 2 is 1.87 bits per heavy atom. The van der Waals surface area contributed by atoms with Crippen molar-refractivity contribution in [3.05, 3.63) is 112 Å². The van der Waals surface area contributed by atoms with Crippen molar-refractivity contribution < 1.29 is 18.3 Å². The summed E-state index contributed by atoms with van der Waals surface area (Å²) in [5.74, 6) is -2.14. The van der Waals surface area contributed by atoms with Crippen molar-refractivity contribution in [2.24, 2.45) is 0 Å². The van der Waals surface area contributed by atoms with Crippen LogP contribution in [0.4, 0.5) is 14.5 Å². The predicted octanol–water partition coefficient (Wildman–Crippen LogP) is 5.63. The lowest BCUT2D eigenvalue weighted by molar-refractivity contribution is 0.102.